The first kappa shape index (κ1) is 10.5. The van der Waals surface area contributed by atoms with Crippen molar-refractivity contribution < 1.29 is 9.18 Å². The molecule has 0 N–H and O–H groups in total. The molecule has 0 radical (unpaired) electrons. The monoisotopic (exact) mass is 215 g/mol. The summed E-state index contributed by atoms with van der Waals surface area (Å²) in [5.41, 5.74) is 1.58. The fourth-order valence-corrected chi connectivity index (χ4v) is 1.58. The molecule has 1 unspecified atom stereocenters. The van der Waals surface area contributed by atoms with Gasteiger partial charge in [0, 0.05) is 12.4 Å². The summed E-state index contributed by atoms with van der Waals surface area (Å²) < 4.78 is 12.8. The first-order valence-corrected chi connectivity index (χ1v) is 4.92. The number of hydrogen-bond donors (Lipinski definition) is 0. The van der Waals surface area contributed by atoms with Gasteiger partial charge in [-0.1, -0.05) is 18.2 Å². The molecule has 0 aliphatic rings. The maximum atomic E-state index is 12.8. The summed E-state index contributed by atoms with van der Waals surface area (Å²) in [6.07, 6.45) is 4.13. The molecule has 0 saturated heterocycles. The van der Waals surface area contributed by atoms with E-state index in [2.05, 4.69) is 4.98 Å². The minimum absolute atomic E-state index is 0.306. The summed E-state index contributed by atoms with van der Waals surface area (Å²) >= 11 is 0. The SMILES string of the molecule is O=CC(c1ccc(F)cc1)c1cccnc1. The van der Waals surface area contributed by atoms with E-state index in [1.165, 1.54) is 12.1 Å². The Morgan fingerprint density at radius 1 is 1.12 bits per heavy atom. The summed E-state index contributed by atoms with van der Waals surface area (Å²) in [6, 6.07) is 9.53. The van der Waals surface area contributed by atoms with E-state index in [-0.39, 0.29) is 11.7 Å². The number of carbonyl (C=O) groups is 1. The average molecular weight is 215 g/mol. The lowest BCUT2D eigenvalue weighted by atomic mass is 9.94. The third-order valence-corrected chi connectivity index (χ3v) is 2.41. The van der Waals surface area contributed by atoms with Crippen LogP contribution in [-0.4, -0.2) is 11.3 Å². The Morgan fingerprint density at radius 3 is 2.44 bits per heavy atom. The van der Waals surface area contributed by atoms with Crippen molar-refractivity contribution in [1.29, 1.82) is 0 Å². The highest BCUT2D eigenvalue weighted by Gasteiger charge is 2.12. The van der Waals surface area contributed by atoms with Crippen LogP contribution >= 0.6 is 0 Å². The van der Waals surface area contributed by atoms with Crippen molar-refractivity contribution in [2.24, 2.45) is 0 Å². The van der Waals surface area contributed by atoms with Crippen LogP contribution < -0.4 is 0 Å². The standard InChI is InChI=1S/C13H10FNO/c14-12-5-3-10(4-6-12)13(9-16)11-2-1-7-15-8-11/h1-9,13H. The van der Waals surface area contributed by atoms with E-state index in [1.807, 2.05) is 6.07 Å². The fraction of sp³-hybridized carbons (Fsp3) is 0.0769. The van der Waals surface area contributed by atoms with E-state index in [1.54, 1.807) is 30.6 Å². The highest BCUT2D eigenvalue weighted by molar-refractivity contribution is 5.67. The van der Waals surface area contributed by atoms with Crippen LogP contribution in [0.5, 0.6) is 0 Å². The maximum absolute atomic E-state index is 12.8. The zero-order chi connectivity index (χ0) is 11.4. The van der Waals surface area contributed by atoms with Crippen molar-refractivity contribution in [2.45, 2.75) is 5.92 Å². The van der Waals surface area contributed by atoms with E-state index in [0.717, 1.165) is 17.4 Å². The second kappa shape index (κ2) is 4.66. The quantitative estimate of drug-likeness (QED) is 0.736. The molecule has 1 heterocycles. The van der Waals surface area contributed by atoms with Gasteiger partial charge in [0.15, 0.2) is 0 Å². The van der Waals surface area contributed by atoms with Crippen LogP contribution in [0.3, 0.4) is 0 Å². The van der Waals surface area contributed by atoms with Crippen molar-refractivity contribution in [3.8, 4) is 0 Å². The lowest BCUT2D eigenvalue weighted by molar-refractivity contribution is -0.108. The lowest BCUT2D eigenvalue weighted by Crippen LogP contribution is -2.02. The molecule has 1 atom stereocenters. The Hall–Kier alpha value is -2.03. The highest BCUT2D eigenvalue weighted by atomic mass is 19.1. The van der Waals surface area contributed by atoms with Crippen molar-refractivity contribution >= 4 is 6.29 Å². The molecule has 0 bridgehead atoms. The predicted molar refractivity (Wildman–Crippen MR) is 58.5 cm³/mol. The molecule has 1 aromatic carbocycles. The fourth-order valence-electron chi connectivity index (χ4n) is 1.58. The second-order valence-corrected chi connectivity index (χ2v) is 3.45. The zero-order valence-corrected chi connectivity index (χ0v) is 8.51. The Balaban J connectivity index is 2.37. The van der Waals surface area contributed by atoms with Gasteiger partial charge in [0.1, 0.15) is 12.1 Å². The number of aldehydes is 1. The lowest BCUT2D eigenvalue weighted by Gasteiger charge is -2.10. The number of halogens is 1. The van der Waals surface area contributed by atoms with Gasteiger partial charge in [-0.25, -0.2) is 4.39 Å². The Bertz CT molecular complexity index is 467. The van der Waals surface area contributed by atoms with Crippen LogP contribution in [0.1, 0.15) is 17.0 Å². The third-order valence-electron chi connectivity index (χ3n) is 2.41. The Morgan fingerprint density at radius 2 is 1.88 bits per heavy atom. The average Bonchev–Trinajstić information content (AvgIpc) is 2.34. The van der Waals surface area contributed by atoms with Gasteiger partial charge in [-0.15, -0.1) is 0 Å². The van der Waals surface area contributed by atoms with Crippen molar-refractivity contribution in [1.82, 2.24) is 4.98 Å². The molecule has 2 rings (SSSR count). The van der Waals surface area contributed by atoms with Gasteiger partial charge in [-0.05, 0) is 29.3 Å². The Kier molecular flexibility index (Phi) is 3.05. The third kappa shape index (κ3) is 2.14. The summed E-state index contributed by atoms with van der Waals surface area (Å²) in [7, 11) is 0. The molecule has 2 nitrogen and oxygen atoms in total. The van der Waals surface area contributed by atoms with Gasteiger partial charge in [0.2, 0.25) is 0 Å². The predicted octanol–water partition coefficient (Wildman–Crippen LogP) is 2.55. The molecule has 2 aromatic rings. The van der Waals surface area contributed by atoms with E-state index in [9.17, 15) is 9.18 Å². The first-order chi connectivity index (χ1) is 7.81. The Labute approximate surface area is 92.8 Å². The summed E-state index contributed by atoms with van der Waals surface area (Å²) in [5.74, 6) is -0.686. The smallest absolute Gasteiger partial charge is 0.131 e. The molecular weight excluding hydrogens is 205 g/mol. The molecule has 0 aliphatic heterocycles. The van der Waals surface area contributed by atoms with E-state index < -0.39 is 0 Å². The summed E-state index contributed by atoms with van der Waals surface area (Å²) in [6.45, 7) is 0. The summed E-state index contributed by atoms with van der Waals surface area (Å²) in [5, 5.41) is 0. The number of pyridine rings is 1. The molecule has 16 heavy (non-hydrogen) atoms. The normalized spacial score (nSPS) is 12.1. The van der Waals surface area contributed by atoms with E-state index >= 15 is 0 Å². The van der Waals surface area contributed by atoms with Crippen LogP contribution in [-0.2, 0) is 4.79 Å². The van der Waals surface area contributed by atoms with Gasteiger partial charge >= 0.3 is 0 Å². The zero-order valence-electron chi connectivity index (χ0n) is 8.51. The van der Waals surface area contributed by atoms with Crippen molar-refractivity contribution in [2.75, 3.05) is 0 Å². The second-order valence-electron chi connectivity index (χ2n) is 3.45. The van der Waals surface area contributed by atoms with Gasteiger partial charge in [-0.2, -0.15) is 0 Å². The highest BCUT2D eigenvalue weighted by Crippen LogP contribution is 2.21. The van der Waals surface area contributed by atoms with Gasteiger partial charge in [-0.3, -0.25) is 4.98 Å². The van der Waals surface area contributed by atoms with Gasteiger partial charge < -0.3 is 4.79 Å². The van der Waals surface area contributed by atoms with E-state index in [0.29, 0.717) is 0 Å². The van der Waals surface area contributed by atoms with E-state index in [4.69, 9.17) is 0 Å². The number of rotatable bonds is 3. The van der Waals surface area contributed by atoms with Crippen LogP contribution in [0.2, 0.25) is 0 Å². The van der Waals surface area contributed by atoms with Crippen molar-refractivity contribution in [3.05, 3.63) is 65.7 Å². The number of aromatic nitrogens is 1. The molecule has 0 spiro atoms. The number of benzene rings is 1. The molecule has 80 valence electrons. The van der Waals surface area contributed by atoms with Crippen LogP contribution in [0.25, 0.3) is 0 Å². The maximum Gasteiger partial charge on any atom is 0.131 e. The minimum Gasteiger partial charge on any atom is -0.302 e. The molecule has 0 aliphatic carbocycles. The number of carbonyl (C=O) groups excluding carboxylic acids is 1. The largest absolute Gasteiger partial charge is 0.302 e. The molecule has 0 fully saturated rings. The van der Waals surface area contributed by atoms with Crippen LogP contribution in [0.15, 0.2) is 48.8 Å². The molecule has 1 aromatic heterocycles. The summed E-state index contributed by atoms with van der Waals surface area (Å²) in [4.78, 5) is 15.0. The molecule has 0 amide bonds. The van der Waals surface area contributed by atoms with Gasteiger partial charge in [0.05, 0.1) is 5.92 Å². The van der Waals surface area contributed by atoms with Crippen LogP contribution in [0.4, 0.5) is 4.39 Å². The van der Waals surface area contributed by atoms with Crippen molar-refractivity contribution in [3.63, 3.8) is 0 Å². The molecule has 0 saturated carbocycles. The number of hydrogen-bond acceptors (Lipinski definition) is 2. The minimum atomic E-state index is -0.380. The van der Waals surface area contributed by atoms with Gasteiger partial charge in [0.25, 0.3) is 0 Å². The first-order valence-electron chi connectivity index (χ1n) is 4.92. The number of nitrogens with zero attached hydrogens (tertiary/aromatic N) is 1. The molecule has 3 heteroatoms. The molecular formula is C13H10FNO. The van der Waals surface area contributed by atoms with Crippen LogP contribution in [0, 0.1) is 5.82 Å². The topological polar surface area (TPSA) is 30.0 Å².